The predicted molar refractivity (Wildman–Crippen MR) is 103 cm³/mol. The van der Waals surface area contributed by atoms with Crippen molar-refractivity contribution in [3.05, 3.63) is 73.8 Å². The average Bonchev–Trinajstić information content (AvgIpc) is 2.74. The van der Waals surface area contributed by atoms with E-state index in [-0.39, 0.29) is 5.69 Å². The molecule has 0 bridgehead atoms. The van der Waals surface area contributed by atoms with Crippen molar-refractivity contribution in [2.45, 2.75) is 0 Å². The van der Waals surface area contributed by atoms with Gasteiger partial charge < -0.3 is 4.90 Å². The van der Waals surface area contributed by atoms with Gasteiger partial charge in [-0.25, -0.2) is 0 Å². The van der Waals surface area contributed by atoms with E-state index in [9.17, 15) is 10.1 Å². The van der Waals surface area contributed by atoms with Crippen molar-refractivity contribution in [2.75, 3.05) is 25.0 Å². The summed E-state index contributed by atoms with van der Waals surface area (Å²) in [5.74, 6) is 0. The minimum absolute atomic E-state index is 0.0460. The van der Waals surface area contributed by atoms with Crippen molar-refractivity contribution >= 4 is 46.4 Å². The van der Waals surface area contributed by atoms with Crippen LogP contribution >= 0.6 is 23.2 Å². The van der Waals surface area contributed by atoms with Gasteiger partial charge in [-0.3, -0.25) is 15.1 Å². The van der Waals surface area contributed by atoms with E-state index in [2.05, 4.69) is 4.99 Å². The largest absolute Gasteiger partial charge is 0.372 e. The fourth-order valence-electron chi connectivity index (χ4n) is 2.64. The molecule has 0 radical (unpaired) electrons. The average molecular weight is 376 g/mol. The molecule has 2 aromatic rings. The number of likely N-dealkylation sites (N-methyl/N-ethyl adjacent to an activating group) is 1. The predicted octanol–water partition coefficient (Wildman–Crippen LogP) is 4.85. The first-order chi connectivity index (χ1) is 12.0. The lowest BCUT2D eigenvalue weighted by Gasteiger charge is -2.18. The van der Waals surface area contributed by atoms with Crippen LogP contribution in [0.4, 0.5) is 11.4 Å². The number of hydrogen-bond donors (Lipinski definition) is 0. The van der Waals surface area contributed by atoms with Gasteiger partial charge in [0.05, 0.1) is 27.2 Å². The number of benzodiazepines with no additional fused rings is 1. The summed E-state index contributed by atoms with van der Waals surface area (Å²) in [5.41, 5.74) is 3.28. The van der Waals surface area contributed by atoms with E-state index in [1.165, 1.54) is 6.07 Å². The molecule has 0 N–H and O–H groups in total. The van der Waals surface area contributed by atoms with Crippen LogP contribution in [0.5, 0.6) is 0 Å². The molecule has 0 saturated carbocycles. The number of halogens is 2. The zero-order valence-electron chi connectivity index (χ0n) is 13.4. The number of non-ortho nitro benzene ring substituents is 1. The number of nitro benzene ring substituents is 1. The van der Waals surface area contributed by atoms with Gasteiger partial charge in [0.15, 0.2) is 0 Å². The quantitative estimate of drug-likeness (QED) is 0.568. The first kappa shape index (κ1) is 17.5. The third-order valence-corrected chi connectivity index (χ3v) is 4.71. The Balaban J connectivity index is 2.01. The van der Waals surface area contributed by atoms with Crippen molar-refractivity contribution in [2.24, 2.45) is 4.99 Å². The van der Waals surface area contributed by atoms with E-state index in [4.69, 9.17) is 23.2 Å². The number of aliphatic imine (C=N–C) groups is 1. The lowest BCUT2D eigenvalue weighted by molar-refractivity contribution is -0.384. The number of nitro groups is 1. The Morgan fingerprint density at radius 1 is 1.16 bits per heavy atom. The number of rotatable bonds is 3. The van der Waals surface area contributed by atoms with Gasteiger partial charge in [-0.1, -0.05) is 35.3 Å². The van der Waals surface area contributed by atoms with Crippen LogP contribution in [-0.2, 0) is 0 Å². The van der Waals surface area contributed by atoms with Crippen molar-refractivity contribution in [1.82, 2.24) is 0 Å². The summed E-state index contributed by atoms with van der Waals surface area (Å²) in [4.78, 5) is 17.3. The molecular formula is C18H15Cl2N3O2. The molecule has 5 nitrogen and oxygen atoms in total. The number of fused-ring (bicyclic) bond motifs is 1. The normalized spacial score (nSPS) is 14.2. The van der Waals surface area contributed by atoms with Gasteiger partial charge >= 0.3 is 0 Å². The molecule has 0 unspecified atom stereocenters. The number of anilines is 1. The fraction of sp³-hybridized carbons (Fsp3) is 0.167. The maximum atomic E-state index is 11.1. The Morgan fingerprint density at radius 3 is 2.68 bits per heavy atom. The summed E-state index contributed by atoms with van der Waals surface area (Å²) in [6.07, 6.45) is 3.72. The monoisotopic (exact) mass is 375 g/mol. The van der Waals surface area contributed by atoms with Crippen LogP contribution in [0, 0.1) is 10.1 Å². The van der Waals surface area contributed by atoms with Crippen LogP contribution in [-0.4, -0.2) is 30.8 Å². The number of benzene rings is 2. The van der Waals surface area contributed by atoms with Crippen LogP contribution in [0.1, 0.15) is 11.1 Å². The van der Waals surface area contributed by atoms with E-state index in [1.807, 2.05) is 30.2 Å². The van der Waals surface area contributed by atoms with E-state index in [1.54, 1.807) is 24.3 Å². The summed E-state index contributed by atoms with van der Waals surface area (Å²) in [5, 5.41) is 12.1. The summed E-state index contributed by atoms with van der Waals surface area (Å²) >= 11 is 12.0. The molecule has 0 atom stereocenters. The molecule has 2 aromatic carbocycles. The van der Waals surface area contributed by atoms with Crippen LogP contribution in [0.25, 0.3) is 6.08 Å². The number of nitrogens with zero attached hydrogens (tertiary/aromatic N) is 3. The summed E-state index contributed by atoms with van der Waals surface area (Å²) < 4.78 is 0. The first-order valence-electron chi connectivity index (χ1n) is 7.63. The smallest absolute Gasteiger partial charge is 0.270 e. The van der Waals surface area contributed by atoms with Gasteiger partial charge in [-0.05, 0) is 29.8 Å². The number of allylic oxidation sites excluding steroid dienone is 1. The molecule has 0 spiro atoms. The second-order valence-electron chi connectivity index (χ2n) is 5.65. The molecule has 128 valence electrons. The standard InChI is InChI=1S/C18H15Cl2N3O2/c1-22-9-8-21-17(6-3-12-2-5-15(19)16(20)10-12)14-11-13(23(24)25)4-7-18(14)22/h2-7,10-11H,8-9H2,1H3/b6-3+. The molecule has 1 heterocycles. The van der Waals surface area contributed by atoms with Crippen molar-refractivity contribution in [1.29, 1.82) is 0 Å². The van der Waals surface area contributed by atoms with E-state index < -0.39 is 4.92 Å². The highest BCUT2D eigenvalue weighted by atomic mass is 35.5. The fourth-order valence-corrected chi connectivity index (χ4v) is 2.94. The van der Waals surface area contributed by atoms with E-state index in [0.717, 1.165) is 23.4 Å². The Morgan fingerprint density at radius 2 is 1.96 bits per heavy atom. The highest BCUT2D eigenvalue weighted by Gasteiger charge is 2.18. The Bertz CT molecular complexity index is 894. The third-order valence-electron chi connectivity index (χ3n) is 3.97. The lowest BCUT2D eigenvalue weighted by Crippen LogP contribution is -2.20. The highest BCUT2D eigenvalue weighted by Crippen LogP contribution is 2.28. The minimum Gasteiger partial charge on any atom is -0.372 e. The maximum absolute atomic E-state index is 11.1. The second kappa shape index (κ2) is 7.25. The molecule has 0 aromatic heterocycles. The van der Waals surface area contributed by atoms with Crippen LogP contribution in [0.3, 0.4) is 0 Å². The summed E-state index contributed by atoms with van der Waals surface area (Å²) in [6, 6.07) is 10.2. The van der Waals surface area contributed by atoms with E-state index in [0.29, 0.717) is 22.3 Å². The van der Waals surface area contributed by atoms with Crippen LogP contribution in [0.15, 0.2) is 47.5 Å². The zero-order chi connectivity index (χ0) is 18.0. The molecule has 0 saturated heterocycles. The van der Waals surface area contributed by atoms with E-state index >= 15 is 0 Å². The van der Waals surface area contributed by atoms with Crippen molar-refractivity contribution < 1.29 is 4.92 Å². The molecule has 1 aliphatic rings. The second-order valence-corrected chi connectivity index (χ2v) is 6.47. The molecular weight excluding hydrogens is 361 g/mol. The molecule has 1 aliphatic heterocycles. The summed E-state index contributed by atoms with van der Waals surface area (Å²) in [7, 11) is 1.95. The van der Waals surface area contributed by atoms with Gasteiger partial charge in [0, 0.05) is 37.0 Å². The van der Waals surface area contributed by atoms with Gasteiger partial charge in [0.25, 0.3) is 5.69 Å². The molecule has 0 fully saturated rings. The minimum atomic E-state index is -0.397. The van der Waals surface area contributed by atoms with Gasteiger partial charge in [-0.2, -0.15) is 0 Å². The third kappa shape index (κ3) is 3.83. The molecule has 0 amide bonds. The zero-order valence-corrected chi connectivity index (χ0v) is 15.0. The Hall–Kier alpha value is -2.37. The Labute approximate surface area is 155 Å². The summed E-state index contributed by atoms with van der Waals surface area (Å²) in [6.45, 7) is 1.36. The lowest BCUT2D eigenvalue weighted by atomic mass is 10.0. The molecule has 25 heavy (non-hydrogen) atoms. The van der Waals surface area contributed by atoms with Crippen LogP contribution in [0.2, 0.25) is 10.0 Å². The topological polar surface area (TPSA) is 58.7 Å². The molecule has 3 rings (SSSR count). The van der Waals surface area contributed by atoms with Crippen LogP contribution < -0.4 is 4.90 Å². The molecule has 7 heteroatoms. The van der Waals surface area contributed by atoms with Gasteiger partial charge in [0.1, 0.15) is 0 Å². The van der Waals surface area contributed by atoms with Gasteiger partial charge in [-0.15, -0.1) is 0 Å². The van der Waals surface area contributed by atoms with Crippen molar-refractivity contribution in [3.8, 4) is 0 Å². The Kier molecular flexibility index (Phi) is 5.06. The highest BCUT2D eigenvalue weighted by molar-refractivity contribution is 6.42. The number of hydrogen-bond acceptors (Lipinski definition) is 4. The first-order valence-corrected chi connectivity index (χ1v) is 8.39. The SMILES string of the molecule is CN1CCN=C(/C=C/c2ccc(Cl)c(Cl)c2)c2cc([N+](=O)[O-])ccc21. The molecule has 0 aliphatic carbocycles. The maximum Gasteiger partial charge on any atom is 0.270 e. The van der Waals surface area contributed by atoms with Crippen molar-refractivity contribution in [3.63, 3.8) is 0 Å². The van der Waals surface area contributed by atoms with Gasteiger partial charge in [0.2, 0.25) is 0 Å².